The molecule has 1 rings (SSSR count). The highest BCUT2D eigenvalue weighted by molar-refractivity contribution is 6.74. The lowest BCUT2D eigenvalue weighted by atomic mass is 10.2. The van der Waals surface area contributed by atoms with Crippen molar-refractivity contribution in [3.8, 4) is 0 Å². The number of hydrogen-bond donors (Lipinski definition) is 1. The minimum Gasteiger partial charge on any atom is -0.414 e. The van der Waals surface area contributed by atoms with Crippen molar-refractivity contribution in [1.82, 2.24) is 0 Å². The zero-order valence-electron chi connectivity index (χ0n) is 17.4. The zero-order valence-corrected chi connectivity index (χ0v) is 20.1. The first kappa shape index (κ1) is 23.5. The molecular formula is C17H36ClFO4Si2. The van der Waals surface area contributed by atoms with Crippen LogP contribution in [-0.4, -0.2) is 52.0 Å². The highest BCUT2D eigenvalue weighted by Crippen LogP contribution is 2.44. The second-order valence-electron chi connectivity index (χ2n) is 10.1. The number of alkyl halides is 2. The van der Waals surface area contributed by atoms with Gasteiger partial charge in [0.2, 0.25) is 0 Å². The van der Waals surface area contributed by atoms with E-state index in [4.69, 9.17) is 25.2 Å². The predicted octanol–water partition coefficient (Wildman–Crippen LogP) is 5.02. The van der Waals surface area contributed by atoms with Crippen LogP contribution >= 0.6 is 11.6 Å². The molecule has 150 valence electrons. The molecule has 1 aliphatic heterocycles. The van der Waals surface area contributed by atoms with E-state index in [1.54, 1.807) is 0 Å². The topological polar surface area (TPSA) is 47.9 Å². The van der Waals surface area contributed by atoms with E-state index in [0.717, 1.165) is 0 Å². The molecule has 1 heterocycles. The van der Waals surface area contributed by atoms with E-state index in [2.05, 4.69) is 54.6 Å². The lowest BCUT2D eigenvalue weighted by Crippen LogP contribution is -2.50. The minimum atomic E-state index is -2.37. The number of rotatable bonds is 5. The molecule has 0 radical (unpaired) electrons. The van der Waals surface area contributed by atoms with Gasteiger partial charge < -0.3 is 18.7 Å². The molecule has 1 saturated heterocycles. The first-order chi connectivity index (χ1) is 10.8. The van der Waals surface area contributed by atoms with Crippen molar-refractivity contribution in [3.63, 3.8) is 0 Å². The van der Waals surface area contributed by atoms with Crippen molar-refractivity contribution in [2.24, 2.45) is 0 Å². The zero-order chi connectivity index (χ0) is 20.1. The van der Waals surface area contributed by atoms with E-state index in [0.29, 0.717) is 0 Å². The molecule has 0 aliphatic carbocycles. The van der Waals surface area contributed by atoms with Crippen molar-refractivity contribution in [2.45, 2.75) is 101 Å². The molecule has 0 unspecified atom stereocenters. The largest absolute Gasteiger partial charge is 0.414 e. The molecule has 0 aromatic carbocycles. The van der Waals surface area contributed by atoms with Crippen LogP contribution in [0, 0.1) is 0 Å². The van der Waals surface area contributed by atoms with Crippen molar-refractivity contribution < 1.29 is 23.1 Å². The predicted molar refractivity (Wildman–Crippen MR) is 106 cm³/mol. The van der Waals surface area contributed by atoms with E-state index in [9.17, 15) is 9.50 Å². The Kier molecular flexibility index (Phi) is 6.73. The first-order valence-corrected chi connectivity index (χ1v) is 15.1. The second kappa shape index (κ2) is 7.15. The smallest absolute Gasteiger partial charge is 0.281 e. The normalized spacial score (nSPS) is 32.3. The van der Waals surface area contributed by atoms with E-state index in [1.165, 1.54) is 0 Å². The summed E-state index contributed by atoms with van der Waals surface area (Å²) in [6.45, 7) is 21.1. The molecule has 4 atom stereocenters. The van der Waals surface area contributed by atoms with Crippen molar-refractivity contribution in [1.29, 1.82) is 0 Å². The van der Waals surface area contributed by atoms with Crippen LogP contribution in [0.2, 0.25) is 36.3 Å². The molecule has 1 aliphatic rings. The number of aliphatic hydroxyl groups is 1. The van der Waals surface area contributed by atoms with Crippen LogP contribution in [-0.2, 0) is 13.6 Å². The highest BCUT2D eigenvalue weighted by atomic mass is 35.5. The first-order valence-electron chi connectivity index (χ1n) is 8.87. The maximum absolute atomic E-state index is 14.7. The Morgan fingerprint density at radius 3 is 1.88 bits per heavy atom. The van der Waals surface area contributed by atoms with E-state index in [1.807, 2.05) is 13.1 Å². The maximum Gasteiger partial charge on any atom is 0.281 e. The van der Waals surface area contributed by atoms with Crippen LogP contribution in [0.25, 0.3) is 0 Å². The SMILES string of the molecule is CC(C)(C)[Si](C)(C)OC[C@H]1O[C@@](O)(Cl)[C@H](F)[C@@H]1O[Si](C)(C)C(C)(C)C. The fraction of sp³-hybridized carbons (Fsp3) is 1.00. The third-order valence-electron chi connectivity index (χ3n) is 5.96. The molecule has 1 N–H and O–H groups in total. The van der Waals surface area contributed by atoms with E-state index in [-0.39, 0.29) is 16.7 Å². The van der Waals surface area contributed by atoms with Crippen molar-refractivity contribution in [3.05, 3.63) is 0 Å². The summed E-state index contributed by atoms with van der Waals surface area (Å²) in [6, 6.07) is 0. The van der Waals surface area contributed by atoms with Gasteiger partial charge in [0.1, 0.15) is 12.2 Å². The van der Waals surface area contributed by atoms with Gasteiger partial charge in [-0.25, -0.2) is 4.39 Å². The molecule has 8 heteroatoms. The van der Waals surface area contributed by atoms with Gasteiger partial charge in [-0.1, -0.05) is 53.1 Å². The van der Waals surface area contributed by atoms with Gasteiger partial charge in [0, 0.05) is 0 Å². The van der Waals surface area contributed by atoms with Gasteiger partial charge in [-0.2, -0.15) is 0 Å². The van der Waals surface area contributed by atoms with Crippen molar-refractivity contribution >= 4 is 28.2 Å². The molecule has 0 aromatic rings. The molecular weight excluding hydrogens is 379 g/mol. The van der Waals surface area contributed by atoms with Crippen LogP contribution < -0.4 is 0 Å². The van der Waals surface area contributed by atoms with Gasteiger partial charge in [0.25, 0.3) is 5.25 Å². The summed E-state index contributed by atoms with van der Waals surface area (Å²) < 4.78 is 32.5. The Bertz CT molecular complexity index is 472. The van der Waals surface area contributed by atoms with Crippen LogP contribution in [0.3, 0.4) is 0 Å². The highest BCUT2D eigenvalue weighted by Gasteiger charge is 2.58. The molecule has 25 heavy (non-hydrogen) atoms. The van der Waals surface area contributed by atoms with Gasteiger partial charge in [-0.3, -0.25) is 0 Å². The monoisotopic (exact) mass is 414 g/mol. The molecule has 0 spiro atoms. The lowest BCUT2D eigenvalue weighted by Gasteiger charge is -2.40. The average Bonchev–Trinajstić information content (AvgIpc) is 2.57. The van der Waals surface area contributed by atoms with Gasteiger partial charge in [0.15, 0.2) is 22.8 Å². The lowest BCUT2D eigenvalue weighted by molar-refractivity contribution is -0.155. The molecule has 0 amide bonds. The Hall–Kier alpha value is 0.494. The summed E-state index contributed by atoms with van der Waals surface area (Å²) in [7, 11) is -4.30. The summed E-state index contributed by atoms with van der Waals surface area (Å²) in [6.07, 6.45) is -3.50. The second-order valence-corrected chi connectivity index (χ2v) is 20.2. The van der Waals surface area contributed by atoms with Gasteiger partial charge in [0.05, 0.1) is 6.61 Å². The number of ether oxygens (including phenoxy) is 1. The Balaban J connectivity index is 2.97. The van der Waals surface area contributed by atoms with E-state index < -0.39 is 40.3 Å². The standard InChI is InChI=1S/C17H36ClFO4Si2/c1-15(2,3)24(7,8)21-11-12-13(14(19)17(18,20)22-12)23-25(9,10)16(4,5)6/h12-14,20H,11H2,1-10H3/t12-,13-,14-,17-/m1/s1. The maximum atomic E-state index is 14.7. The summed E-state index contributed by atoms with van der Waals surface area (Å²) in [5.74, 6) is 0. The van der Waals surface area contributed by atoms with Crippen LogP contribution in [0.5, 0.6) is 0 Å². The molecule has 1 fully saturated rings. The van der Waals surface area contributed by atoms with Crippen LogP contribution in [0.15, 0.2) is 0 Å². The Morgan fingerprint density at radius 1 is 1.04 bits per heavy atom. The summed E-state index contributed by atoms with van der Waals surface area (Å²) in [4.78, 5) is 0. The molecule has 0 bridgehead atoms. The summed E-state index contributed by atoms with van der Waals surface area (Å²) >= 11 is 5.84. The fourth-order valence-corrected chi connectivity index (χ4v) is 4.58. The number of hydrogen-bond acceptors (Lipinski definition) is 4. The van der Waals surface area contributed by atoms with Gasteiger partial charge in [-0.15, -0.1) is 0 Å². The van der Waals surface area contributed by atoms with Gasteiger partial charge >= 0.3 is 0 Å². The third kappa shape index (κ3) is 5.27. The molecule has 0 aromatic heterocycles. The number of halogens is 2. The minimum absolute atomic E-state index is 0.0216. The molecule has 4 nitrogen and oxygen atoms in total. The summed E-state index contributed by atoms with van der Waals surface area (Å²) in [5, 5.41) is 7.61. The third-order valence-corrected chi connectivity index (χ3v) is 15.2. The summed E-state index contributed by atoms with van der Waals surface area (Å²) in [5.41, 5.74) is 0. The Labute approximate surface area is 159 Å². The van der Waals surface area contributed by atoms with Crippen molar-refractivity contribution in [2.75, 3.05) is 6.61 Å². The Morgan fingerprint density at radius 2 is 1.48 bits per heavy atom. The molecule has 0 saturated carbocycles. The van der Waals surface area contributed by atoms with E-state index >= 15 is 0 Å². The van der Waals surface area contributed by atoms with Crippen LogP contribution in [0.1, 0.15) is 41.5 Å². The van der Waals surface area contributed by atoms with Gasteiger partial charge in [-0.05, 0) is 36.3 Å². The van der Waals surface area contributed by atoms with Crippen LogP contribution in [0.4, 0.5) is 4.39 Å². The quantitative estimate of drug-likeness (QED) is 0.506. The average molecular weight is 415 g/mol. The fourth-order valence-electron chi connectivity index (χ4n) is 2.02.